The highest BCUT2D eigenvalue weighted by atomic mass is 16.5. The highest BCUT2D eigenvalue weighted by molar-refractivity contribution is 5.87. The Balaban J connectivity index is 1.69. The molecule has 0 aromatic carbocycles. The van der Waals surface area contributed by atoms with Crippen LogP contribution in [0.15, 0.2) is 0 Å². The fourth-order valence-corrected chi connectivity index (χ4v) is 5.14. The summed E-state index contributed by atoms with van der Waals surface area (Å²) in [6.45, 7) is 10.9. The molecule has 0 bridgehead atoms. The molecule has 2 aliphatic rings. The number of hydrogen-bond acceptors (Lipinski definition) is 3. The van der Waals surface area contributed by atoms with E-state index in [2.05, 4.69) is 45.3 Å². The molecule has 4 heteroatoms. The van der Waals surface area contributed by atoms with E-state index in [1.165, 1.54) is 51.4 Å². The molecule has 1 atom stereocenters. The number of hydrogen-bond donors (Lipinski definition) is 2. The van der Waals surface area contributed by atoms with Gasteiger partial charge in [-0.15, -0.1) is 0 Å². The molecule has 0 saturated carbocycles. The van der Waals surface area contributed by atoms with Crippen molar-refractivity contribution in [2.24, 2.45) is 0 Å². The third-order valence-corrected chi connectivity index (χ3v) is 5.78. The van der Waals surface area contributed by atoms with E-state index in [9.17, 15) is 4.79 Å². The van der Waals surface area contributed by atoms with Crippen molar-refractivity contribution in [2.75, 3.05) is 0 Å². The molecule has 2 fully saturated rings. The van der Waals surface area contributed by atoms with Crippen LogP contribution >= 0.6 is 0 Å². The number of nitrogens with one attached hydrogen (secondary N) is 2. The lowest BCUT2D eigenvalue weighted by Crippen LogP contribution is -2.65. The SMILES string of the molecule is CCCCCCCCCCCC1NC(=O)C2(CC(C)(C)NC(C)(C)C2)O1. The predicted octanol–water partition coefficient (Wildman–Crippen LogP) is 5.06. The molecule has 1 amide bonds. The van der Waals surface area contributed by atoms with Gasteiger partial charge in [-0.25, -0.2) is 0 Å². The average molecular weight is 367 g/mol. The van der Waals surface area contributed by atoms with Gasteiger partial charge in [0.1, 0.15) is 6.23 Å². The van der Waals surface area contributed by atoms with Crippen LogP contribution in [-0.2, 0) is 9.53 Å². The molecule has 2 saturated heterocycles. The number of rotatable bonds is 10. The zero-order valence-corrected chi connectivity index (χ0v) is 17.9. The van der Waals surface area contributed by atoms with Crippen LogP contribution in [0, 0.1) is 0 Å². The monoisotopic (exact) mass is 366 g/mol. The maximum Gasteiger partial charge on any atom is 0.254 e. The molecule has 2 heterocycles. The first-order valence-electron chi connectivity index (χ1n) is 11.0. The van der Waals surface area contributed by atoms with Gasteiger partial charge >= 0.3 is 0 Å². The average Bonchev–Trinajstić information content (AvgIpc) is 2.77. The van der Waals surface area contributed by atoms with E-state index in [-0.39, 0.29) is 23.2 Å². The van der Waals surface area contributed by atoms with Gasteiger partial charge in [0, 0.05) is 23.9 Å². The Morgan fingerprint density at radius 1 is 0.885 bits per heavy atom. The molecule has 1 unspecified atom stereocenters. The normalized spacial score (nSPS) is 26.2. The Hall–Kier alpha value is -0.610. The van der Waals surface area contributed by atoms with Crippen LogP contribution < -0.4 is 10.6 Å². The van der Waals surface area contributed by atoms with Crippen LogP contribution in [0.4, 0.5) is 0 Å². The Morgan fingerprint density at radius 3 is 1.92 bits per heavy atom. The predicted molar refractivity (Wildman–Crippen MR) is 108 cm³/mol. The lowest BCUT2D eigenvalue weighted by atomic mass is 9.72. The van der Waals surface area contributed by atoms with Crippen molar-refractivity contribution in [3.05, 3.63) is 0 Å². The van der Waals surface area contributed by atoms with Gasteiger partial charge in [0.15, 0.2) is 5.60 Å². The Kier molecular flexibility index (Phi) is 7.55. The van der Waals surface area contributed by atoms with Gasteiger partial charge in [0.2, 0.25) is 0 Å². The summed E-state index contributed by atoms with van der Waals surface area (Å²) in [5, 5.41) is 6.77. The third-order valence-electron chi connectivity index (χ3n) is 5.78. The van der Waals surface area contributed by atoms with E-state index in [0.717, 1.165) is 25.7 Å². The van der Waals surface area contributed by atoms with Gasteiger partial charge in [-0.3, -0.25) is 4.79 Å². The fourth-order valence-electron chi connectivity index (χ4n) is 5.14. The molecular weight excluding hydrogens is 324 g/mol. The summed E-state index contributed by atoms with van der Waals surface area (Å²) in [6, 6.07) is 0. The van der Waals surface area contributed by atoms with E-state index in [1.807, 2.05) is 0 Å². The lowest BCUT2D eigenvalue weighted by molar-refractivity contribution is -0.146. The highest BCUT2D eigenvalue weighted by Crippen LogP contribution is 2.42. The summed E-state index contributed by atoms with van der Waals surface area (Å²) >= 11 is 0. The van der Waals surface area contributed by atoms with Crippen LogP contribution in [0.25, 0.3) is 0 Å². The Morgan fingerprint density at radius 2 is 1.38 bits per heavy atom. The minimum absolute atomic E-state index is 0.0915. The number of carbonyl (C=O) groups is 1. The second kappa shape index (κ2) is 9.05. The summed E-state index contributed by atoms with van der Waals surface area (Å²) in [7, 11) is 0. The van der Waals surface area contributed by atoms with Gasteiger partial charge in [-0.1, -0.05) is 58.3 Å². The standard InChI is InChI=1S/C22H42N2O2/c1-6-7-8-9-10-11-12-13-14-15-18-23-19(25)22(26-18)16-20(2,3)24-21(4,5)17-22/h18,24H,6-17H2,1-5H3,(H,23,25). The minimum Gasteiger partial charge on any atom is -0.342 e. The van der Waals surface area contributed by atoms with Crippen LogP contribution in [0.2, 0.25) is 0 Å². The van der Waals surface area contributed by atoms with Crippen LogP contribution in [0.5, 0.6) is 0 Å². The van der Waals surface area contributed by atoms with Gasteiger partial charge in [-0.05, 0) is 40.5 Å². The van der Waals surface area contributed by atoms with E-state index in [0.29, 0.717) is 0 Å². The fraction of sp³-hybridized carbons (Fsp3) is 0.955. The van der Waals surface area contributed by atoms with Crippen molar-refractivity contribution in [3.63, 3.8) is 0 Å². The van der Waals surface area contributed by atoms with Crippen molar-refractivity contribution < 1.29 is 9.53 Å². The van der Waals surface area contributed by atoms with Gasteiger partial charge < -0.3 is 15.4 Å². The number of unbranched alkanes of at least 4 members (excludes halogenated alkanes) is 8. The van der Waals surface area contributed by atoms with Crippen molar-refractivity contribution in [1.82, 2.24) is 10.6 Å². The van der Waals surface area contributed by atoms with E-state index < -0.39 is 5.60 Å². The first-order chi connectivity index (χ1) is 12.2. The third kappa shape index (κ3) is 6.23. The van der Waals surface area contributed by atoms with E-state index >= 15 is 0 Å². The molecule has 0 aromatic heterocycles. The van der Waals surface area contributed by atoms with Crippen molar-refractivity contribution in [2.45, 2.75) is 135 Å². The summed E-state index contributed by atoms with van der Waals surface area (Å²) in [4.78, 5) is 12.7. The molecule has 1 spiro atoms. The smallest absolute Gasteiger partial charge is 0.254 e. The highest BCUT2D eigenvalue weighted by Gasteiger charge is 2.56. The number of ether oxygens (including phenoxy) is 1. The molecule has 26 heavy (non-hydrogen) atoms. The first kappa shape index (κ1) is 21.7. The largest absolute Gasteiger partial charge is 0.342 e. The molecule has 0 aliphatic carbocycles. The van der Waals surface area contributed by atoms with Crippen molar-refractivity contribution in [3.8, 4) is 0 Å². The van der Waals surface area contributed by atoms with Crippen LogP contribution in [-0.4, -0.2) is 28.8 Å². The molecular formula is C22H42N2O2. The first-order valence-corrected chi connectivity index (χ1v) is 11.0. The van der Waals surface area contributed by atoms with Gasteiger partial charge in [0.05, 0.1) is 0 Å². The molecule has 0 aromatic rings. The minimum atomic E-state index is -0.651. The van der Waals surface area contributed by atoms with Gasteiger partial charge in [0.25, 0.3) is 5.91 Å². The zero-order valence-electron chi connectivity index (χ0n) is 17.9. The van der Waals surface area contributed by atoms with Crippen molar-refractivity contribution in [1.29, 1.82) is 0 Å². The lowest BCUT2D eigenvalue weighted by Gasteiger charge is -2.49. The molecule has 4 nitrogen and oxygen atoms in total. The second-order valence-corrected chi connectivity index (χ2v) is 9.94. The van der Waals surface area contributed by atoms with Crippen LogP contribution in [0.1, 0.15) is 112 Å². The topological polar surface area (TPSA) is 50.4 Å². The molecule has 2 N–H and O–H groups in total. The van der Waals surface area contributed by atoms with E-state index in [4.69, 9.17) is 4.74 Å². The van der Waals surface area contributed by atoms with Crippen LogP contribution in [0.3, 0.4) is 0 Å². The molecule has 2 aliphatic heterocycles. The van der Waals surface area contributed by atoms with E-state index in [1.54, 1.807) is 0 Å². The number of piperidine rings is 1. The maximum absolute atomic E-state index is 12.7. The summed E-state index contributed by atoms with van der Waals surface area (Å²) < 4.78 is 6.34. The number of amides is 1. The Labute approximate surface area is 161 Å². The second-order valence-electron chi connectivity index (χ2n) is 9.94. The van der Waals surface area contributed by atoms with Gasteiger partial charge in [-0.2, -0.15) is 0 Å². The number of carbonyl (C=O) groups excluding carboxylic acids is 1. The molecule has 2 rings (SSSR count). The summed E-state index contributed by atoms with van der Waals surface area (Å²) in [5.74, 6) is 0.0982. The summed E-state index contributed by atoms with van der Waals surface area (Å²) in [6.07, 6.45) is 14.2. The maximum atomic E-state index is 12.7. The van der Waals surface area contributed by atoms with Crippen molar-refractivity contribution >= 4 is 5.91 Å². The Bertz CT molecular complexity index is 443. The quantitative estimate of drug-likeness (QED) is 0.531. The summed E-state index contributed by atoms with van der Waals surface area (Å²) in [5.41, 5.74) is -0.834. The zero-order chi connectivity index (χ0) is 19.3. The molecule has 152 valence electrons. The molecule has 0 radical (unpaired) electrons.